The first kappa shape index (κ1) is 48.9. The molecule has 0 radical (unpaired) electrons. The summed E-state index contributed by atoms with van der Waals surface area (Å²) in [5, 5.41) is 34.2. The topological polar surface area (TPSA) is 166 Å². The van der Waals surface area contributed by atoms with Crippen molar-refractivity contribution in [3.05, 3.63) is 35.9 Å². The van der Waals surface area contributed by atoms with Crippen LogP contribution in [0.4, 0.5) is 0 Å². The van der Waals surface area contributed by atoms with Gasteiger partial charge in [0, 0.05) is 56.9 Å². The fourth-order valence-electron chi connectivity index (χ4n) is 10.4. The van der Waals surface area contributed by atoms with E-state index >= 15 is 0 Å². The summed E-state index contributed by atoms with van der Waals surface area (Å²) in [6, 6.07) is 10.2. The Morgan fingerprint density at radius 1 is 0.833 bits per heavy atom. The minimum Gasteiger partial charge on any atom is -0.458 e. The van der Waals surface area contributed by atoms with E-state index in [0.717, 1.165) is 19.4 Å². The van der Waals surface area contributed by atoms with Crippen molar-refractivity contribution >= 4 is 11.8 Å². The number of methoxy groups -OCH3 is 2. The monoisotopic (exact) mass is 849 g/mol. The number of hydrogen-bond donors (Lipinski definition) is 3. The van der Waals surface area contributed by atoms with Crippen molar-refractivity contribution in [3.8, 4) is 0 Å². The molecule has 1 aromatic rings. The van der Waals surface area contributed by atoms with Gasteiger partial charge in [-0.1, -0.05) is 58.0 Å². The number of aliphatic hydroxyl groups excluding tert-OH is 2. The largest absolute Gasteiger partial charge is 0.458 e. The molecule has 0 spiro atoms. The van der Waals surface area contributed by atoms with E-state index in [9.17, 15) is 24.9 Å². The average Bonchev–Trinajstić information content (AvgIpc) is 3.74. The summed E-state index contributed by atoms with van der Waals surface area (Å²) >= 11 is 0. The molecule has 14 heteroatoms. The molecule has 0 aromatic heterocycles. The van der Waals surface area contributed by atoms with Crippen LogP contribution in [0.25, 0.3) is 0 Å². The number of carbonyl (C=O) groups excluding carboxylic acids is 2. The number of rotatable bonds is 11. The van der Waals surface area contributed by atoms with Gasteiger partial charge in [-0.15, -0.1) is 0 Å². The van der Waals surface area contributed by atoms with E-state index in [-0.39, 0.29) is 36.8 Å². The number of likely N-dealkylation sites (N-methyl/N-ethyl adjacent to an activating group) is 2. The standard InChI is InChI=1S/C46H76N2O12/c1-25-23-45(9,55-14)40(60-43-35(47(10)11)33(22-26(2)56-43)48(12)21-20-32-18-16-15-17-19-32)28(4)37(58-34-24-44(8,54-13)39(51)31(7)57-34)29(5)42(52)59-41-30(6)46(41,53)38(50)27(3)36(25)49/h15-19,25-31,33-35,37-41,43,50-51,53H,20-24H2,1-14H3/t25-,26-,27+,28+,29-,30?,31+,33-,34+,35+,37+,38-,39+,40-,41-,43+,44-,45+,46+/m1/s1. The molecule has 3 saturated heterocycles. The number of ether oxygens (including phenoxy) is 7. The molecule has 19 atom stereocenters. The Bertz CT molecular complexity index is 1590. The molecule has 342 valence electrons. The Balaban J connectivity index is 1.58. The minimum absolute atomic E-state index is 0.0402. The van der Waals surface area contributed by atoms with E-state index in [2.05, 4.69) is 41.1 Å². The Kier molecular flexibility index (Phi) is 15.8. The van der Waals surface area contributed by atoms with Gasteiger partial charge in [0.15, 0.2) is 12.6 Å². The van der Waals surface area contributed by atoms with Crippen molar-refractivity contribution in [3.63, 3.8) is 0 Å². The molecule has 1 aromatic carbocycles. The minimum atomic E-state index is -1.80. The molecule has 1 aliphatic carbocycles. The smallest absolute Gasteiger partial charge is 0.311 e. The maximum atomic E-state index is 14.3. The second-order valence-corrected chi connectivity index (χ2v) is 19.3. The maximum Gasteiger partial charge on any atom is 0.311 e. The van der Waals surface area contributed by atoms with Crippen LogP contribution in [-0.4, -0.2) is 163 Å². The highest BCUT2D eigenvalue weighted by Gasteiger charge is 2.70. The van der Waals surface area contributed by atoms with Gasteiger partial charge in [0.05, 0.1) is 53.7 Å². The highest BCUT2D eigenvalue weighted by Crippen LogP contribution is 2.52. The molecule has 3 heterocycles. The molecule has 3 N–H and O–H groups in total. The molecule has 0 amide bonds. The zero-order valence-electron chi connectivity index (χ0n) is 38.6. The quantitative estimate of drug-likeness (QED) is 0.275. The lowest BCUT2D eigenvalue weighted by atomic mass is 9.75. The van der Waals surface area contributed by atoms with Gasteiger partial charge in [0.25, 0.3) is 0 Å². The first-order valence-corrected chi connectivity index (χ1v) is 22.0. The van der Waals surface area contributed by atoms with Gasteiger partial charge in [-0.3, -0.25) is 9.59 Å². The summed E-state index contributed by atoms with van der Waals surface area (Å²) in [6.07, 6.45) is -5.79. The lowest BCUT2D eigenvalue weighted by molar-refractivity contribution is -0.314. The fraction of sp³-hybridized carbons (Fsp3) is 0.826. The molecule has 5 rings (SSSR count). The number of carbonyl (C=O) groups is 2. The molecule has 1 unspecified atom stereocenters. The predicted molar refractivity (Wildman–Crippen MR) is 225 cm³/mol. The van der Waals surface area contributed by atoms with Crippen molar-refractivity contribution in [1.29, 1.82) is 0 Å². The lowest BCUT2D eigenvalue weighted by Gasteiger charge is -2.51. The zero-order valence-corrected chi connectivity index (χ0v) is 38.6. The average molecular weight is 849 g/mol. The van der Waals surface area contributed by atoms with Gasteiger partial charge in [0.1, 0.15) is 23.6 Å². The van der Waals surface area contributed by atoms with Gasteiger partial charge in [-0.05, 0) is 80.6 Å². The number of ketones is 1. The number of hydrogen-bond acceptors (Lipinski definition) is 14. The Labute approximate surface area is 358 Å². The van der Waals surface area contributed by atoms with E-state index in [1.807, 2.05) is 40.9 Å². The Morgan fingerprint density at radius 2 is 1.47 bits per heavy atom. The van der Waals surface area contributed by atoms with Gasteiger partial charge >= 0.3 is 5.97 Å². The molecule has 60 heavy (non-hydrogen) atoms. The number of esters is 1. The zero-order chi connectivity index (χ0) is 44.6. The lowest BCUT2D eigenvalue weighted by Crippen LogP contribution is -2.64. The van der Waals surface area contributed by atoms with E-state index < -0.39 is 102 Å². The van der Waals surface area contributed by atoms with Crippen LogP contribution in [0.2, 0.25) is 0 Å². The third kappa shape index (κ3) is 9.84. The first-order chi connectivity index (χ1) is 28.0. The van der Waals surface area contributed by atoms with Crippen molar-refractivity contribution in [2.24, 2.45) is 29.6 Å². The van der Waals surface area contributed by atoms with Crippen molar-refractivity contribution in [1.82, 2.24) is 9.80 Å². The summed E-state index contributed by atoms with van der Waals surface area (Å²) in [6.45, 7) is 17.1. The van der Waals surface area contributed by atoms with Crippen LogP contribution in [0.1, 0.15) is 87.1 Å². The molecule has 14 nitrogen and oxygen atoms in total. The number of benzene rings is 1. The van der Waals surface area contributed by atoms with Crippen molar-refractivity contribution in [2.45, 2.75) is 172 Å². The van der Waals surface area contributed by atoms with Crippen molar-refractivity contribution in [2.75, 3.05) is 41.9 Å². The van der Waals surface area contributed by atoms with Gasteiger partial charge < -0.3 is 58.3 Å². The molecular formula is C46H76N2O12. The first-order valence-electron chi connectivity index (χ1n) is 22.0. The second-order valence-electron chi connectivity index (χ2n) is 19.3. The third-order valence-corrected chi connectivity index (χ3v) is 14.7. The molecule has 4 aliphatic rings. The maximum absolute atomic E-state index is 14.3. The predicted octanol–water partition coefficient (Wildman–Crippen LogP) is 3.84. The van der Waals surface area contributed by atoms with E-state index in [1.165, 1.54) is 12.7 Å². The molecular weight excluding hydrogens is 773 g/mol. The highest BCUT2D eigenvalue weighted by molar-refractivity contribution is 5.84. The summed E-state index contributed by atoms with van der Waals surface area (Å²) in [7, 11) is 9.29. The van der Waals surface area contributed by atoms with Crippen LogP contribution in [0.3, 0.4) is 0 Å². The number of nitrogens with zero attached hydrogens (tertiary/aromatic N) is 2. The van der Waals surface area contributed by atoms with Crippen LogP contribution in [-0.2, 0) is 49.2 Å². The Hall–Kier alpha value is -2.08. The summed E-state index contributed by atoms with van der Waals surface area (Å²) in [5.74, 6) is -4.73. The van der Waals surface area contributed by atoms with Gasteiger partial charge in [0.2, 0.25) is 0 Å². The van der Waals surface area contributed by atoms with Crippen LogP contribution in [0, 0.1) is 29.6 Å². The number of aliphatic hydroxyl groups is 3. The van der Waals surface area contributed by atoms with E-state index in [1.54, 1.807) is 48.7 Å². The number of fused-ring (bicyclic) bond motifs is 1. The van der Waals surface area contributed by atoms with E-state index in [4.69, 9.17) is 33.2 Å². The summed E-state index contributed by atoms with van der Waals surface area (Å²) in [5.41, 5.74) is -2.74. The molecule has 4 fully saturated rings. The molecule has 0 bridgehead atoms. The SMILES string of the molecule is CO[C@]1(C)C[C@H](O[C@H]2[C@H](C)[C@@H](O[C@@H]3O[C@H](C)C[C@@H](N(C)CCc4ccccc4)[C@@H]3N(C)C)[C@@](C)(OC)C[C@@H](C)C(=O)[C@H](C)[C@@H](O)[C@@]3(O)C(C)[C@H]3OC(=O)[C@@H]2C)O[C@@H](C)[C@@H]1O. The summed E-state index contributed by atoms with van der Waals surface area (Å²) in [4.78, 5) is 33.0. The van der Waals surface area contributed by atoms with Crippen LogP contribution < -0.4 is 0 Å². The van der Waals surface area contributed by atoms with Gasteiger partial charge in [-0.25, -0.2) is 0 Å². The Morgan fingerprint density at radius 3 is 2.07 bits per heavy atom. The highest BCUT2D eigenvalue weighted by atomic mass is 16.7. The molecule has 3 aliphatic heterocycles. The van der Waals surface area contributed by atoms with Crippen LogP contribution >= 0.6 is 0 Å². The van der Waals surface area contributed by atoms with E-state index in [0.29, 0.717) is 0 Å². The normalized spacial score (nSPS) is 45.9. The van der Waals surface area contributed by atoms with Gasteiger partial charge in [-0.2, -0.15) is 0 Å². The molecule has 1 saturated carbocycles. The van der Waals surface area contributed by atoms with Crippen LogP contribution in [0.5, 0.6) is 0 Å². The number of Topliss-reactive ketones (excluding diaryl/α,β-unsaturated/α-hetero) is 1. The summed E-state index contributed by atoms with van der Waals surface area (Å²) < 4.78 is 45.5. The third-order valence-electron chi connectivity index (χ3n) is 14.7. The van der Waals surface area contributed by atoms with Crippen molar-refractivity contribution < 1.29 is 58.1 Å². The second kappa shape index (κ2) is 19.3. The fourth-order valence-corrected chi connectivity index (χ4v) is 10.4. The van der Waals surface area contributed by atoms with Crippen LogP contribution in [0.15, 0.2) is 30.3 Å².